The Labute approximate surface area is 265 Å². The first-order valence-corrected chi connectivity index (χ1v) is 15.6. The molecule has 1 aliphatic carbocycles. The molecule has 4 aromatic carbocycles. The van der Waals surface area contributed by atoms with Crippen LogP contribution in [0.4, 0.5) is 11.4 Å². The number of esters is 1. The standard InChI is InChI=1S/C38H40N2O5/c1-44-38(43)35(39-34-20-12-11-19-33(34)36(41)29-13-5-2-6-14-29)27-28-21-23-32(24-22-28)45-26-25-40(31-17-9-4-10-18-31)37(42)30-15-7-3-8-16-30/h2,4-6,9-14,17-24,30,35,39H,3,7-8,15-16,25-27H2,1H3/t35-/m0/s1. The van der Waals surface area contributed by atoms with E-state index in [-0.39, 0.29) is 17.6 Å². The van der Waals surface area contributed by atoms with Crippen LogP contribution in [0, 0.1) is 5.92 Å². The first-order chi connectivity index (χ1) is 22.0. The van der Waals surface area contributed by atoms with Crippen molar-refractivity contribution in [3.8, 4) is 5.75 Å². The number of carbonyl (C=O) groups excluding carboxylic acids is 3. The van der Waals surface area contributed by atoms with Gasteiger partial charge in [-0.05, 0) is 54.8 Å². The monoisotopic (exact) mass is 604 g/mol. The molecule has 5 rings (SSSR count). The third kappa shape index (κ3) is 8.38. The van der Waals surface area contributed by atoms with Gasteiger partial charge in [-0.3, -0.25) is 9.59 Å². The number of hydrogen-bond donors (Lipinski definition) is 1. The highest BCUT2D eigenvalue weighted by Crippen LogP contribution is 2.28. The summed E-state index contributed by atoms with van der Waals surface area (Å²) < 4.78 is 11.2. The van der Waals surface area contributed by atoms with Crippen molar-refractivity contribution >= 4 is 29.0 Å². The van der Waals surface area contributed by atoms with Gasteiger partial charge in [0.2, 0.25) is 5.91 Å². The molecule has 1 aliphatic rings. The fourth-order valence-electron chi connectivity index (χ4n) is 5.83. The largest absolute Gasteiger partial charge is 0.492 e. The molecule has 232 valence electrons. The molecule has 0 spiro atoms. The van der Waals surface area contributed by atoms with E-state index in [1.165, 1.54) is 13.5 Å². The lowest BCUT2D eigenvalue weighted by Gasteiger charge is -2.29. The van der Waals surface area contributed by atoms with Crippen molar-refractivity contribution in [1.29, 1.82) is 0 Å². The van der Waals surface area contributed by atoms with Gasteiger partial charge >= 0.3 is 5.97 Å². The molecule has 1 saturated carbocycles. The maximum Gasteiger partial charge on any atom is 0.328 e. The number of benzene rings is 4. The molecule has 1 atom stereocenters. The molecule has 0 saturated heterocycles. The van der Waals surface area contributed by atoms with Gasteiger partial charge in [-0.15, -0.1) is 0 Å². The summed E-state index contributed by atoms with van der Waals surface area (Å²) in [4.78, 5) is 41.3. The van der Waals surface area contributed by atoms with E-state index < -0.39 is 12.0 Å². The lowest BCUT2D eigenvalue weighted by atomic mass is 9.88. The molecule has 1 amide bonds. The number of nitrogens with zero attached hydrogens (tertiary/aromatic N) is 1. The number of hydrogen-bond acceptors (Lipinski definition) is 6. The van der Waals surface area contributed by atoms with Crippen LogP contribution in [0.3, 0.4) is 0 Å². The molecule has 0 heterocycles. The maximum atomic E-state index is 13.4. The Hall–Kier alpha value is -4.91. The SMILES string of the molecule is COC(=O)[C@H](Cc1ccc(OCCN(C(=O)C2CCCCC2)c2ccccc2)cc1)Nc1ccccc1C(=O)c1ccccc1. The lowest BCUT2D eigenvalue weighted by Crippen LogP contribution is -2.39. The Balaban J connectivity index is 1.22. The highest BCUT2D eigenvalue weighted by atomic mass is 16.5. The molecule has 0 radical (unpaired) electrons. The van der Waals surface area contributed by atoms with E-state index in [1.807, 2.05) is 83.8 Å². The maximum absolute atomic E-state index is 13.4. The molecular weight excluding hydrogens is 564 g/mol. The summed E-state index contributed by atoms with van der Waals surface area (Å²) in [6, 6.07) is 32.9. The summed E-state index contributed by atoms with van der Waals surface area (Å²) in [6.07, 6.45) is 5.64. The van der Waals surface area contributed by atoms with E-state index >= 15 is 0 Å². The van der Waals surface area contributed by atoms with Crippen LogP contribution in [0.25, 0.3) is 0 Å². The average molecular weight is 605 g/mol. The lowest BCUT2D eigenvalue weighted by molar-refractivity contribution is -0.141. The Kier molecular flexibility index (Phi) is 11.0. The fourth-order valence-corrected chi connectivity index (χ4v) is 5.83. The van der Waals surface area contributed by atoms with Gasteiger partial charge in [-0.1, -0.05) is 92.1 Å². The van der Waals surface area contributed by atoms with Gasteiger partial charge in [0.15, 0.2) is 5.78 Å². The first-order valence-electron chi connectivity index (χ1n) is 15.6. The molecule has 4 aromatic rings. The van der Waals surface area contributed by atoms with E-state index in [2.05, 4.69) is 5.32 Å². The van der Waals surface area contributed by atoms with Crippen molar-refractivity contribution < 1.29 is 23.9 Å². The Bertz CT molecular complexity index is 1550. The van der Waals surface area contributed by atoms with Gasteiger partial charge in [0.1, 0.15) is 18.4 Å². The molecule has 0 bridgehead atoms. The van der Waals surface area contributed by atoms with Crippen LogP contribution in [0.1, 0.15) is 53.6 Å². The number of rotatable bonds is 13. The number of amides is 1. The van der Waals surface area contributed by atoms with Crippen molar-refractivity contribution in [2.75, 3.05) is 30.5 Å². The number of nitrogens with one attached hydrogen (secondary N) is 1. The van der Waals surface area contributed by atoms with Crippen molar-refractivity contribution in [3.63, 3.8) is 0 Å². The summed E-state index contributed by atoms with van der Waals surface area (Å²) in [7, 11) is 1.35. The second-order valence-corrected chi connectivity index (χ2v) is 11.3. The van der Waals surface area contributed by atoms with Crippen molar-refractivity contribution in [2.45, 2.75) is 44.6 Å². The number of ketones is 1. The van der Waals surface area contributed by atoms with Gasteiger partial charge < -0.3 is 19.7 Å². The minimum absolute atomic E-state index is 0.0676. The first kappa shape index (κ1) is 31.5. The van der Waals surface area contributed by atoms with Gasteiger partial charge in [0, 0.05) is 34.8 Å². The highest BCUT2D eigenvalue weighted by Gasteiger charge is 2.27. The molecule has 45 heavy (non-hydrogen) atoms. The summed E-state index contributed by atoms with van der Waals surface area (Å²) in [5, 5.41) is 3.25. The molecule has 0 aromatic heterocycles. The number of ether oxygens (including phenoxy) is 2. The Morgan fingerprint density at radius 2 is 1.44 bits per heavy atom. The van der Waals surface area contributed by atoms with Crippen LogP contribution in [0.5, 0.6) is 5.75 Å². The van der Waals surface area contributed by atoms with Gasteiger partial charge in [-0.2, -0.15) is 0 Å². The van der Waals surface area contributed by atoms with Crippen molar-refractivity contribution in [1.82, 2.24) is 0 Å². The Morgan fingerprint density at radius 3 is 2.13 bits per heavy atom. The molecular formula is C38H40N2O5. The van der Waals surface area contributed by atoms with Crippen LogP contribution >= 0.6 is 0 Å². The van der Waals surface area contributed by atoms with E-state index in [9.17, 15) is 14.4 Å². The fraction of sp³-hybridized carbons (Fsp3) is 0.289. The molecule has 7 nitrogen and oxygen atoms in total. The number of para-hydroxylation sites is 2. The van der Waals surface area contributed by atoms with Crippen LogP contribution in [0.15, 0.2) is 109 Å². The number of methoxy groups -OCH3 is 1. The Morgan fingerprint density at radius 1 is 0.800 bits per heavy atom. The minimum Gasteiger partial charge on any atom is -0.492 e. The third-order valence-corrected chi connectivity index (χ3v) is 8.26. The zero-order chi connectivity index (χ0) is 31.4. The average Bonchev–Trinajstić information content (AvgIpc) is 3.11. The summed E-state index contributed by atoms with van der Waals surface area (Å²) in [5.41, 5.74) is 3.40. The van der Waals surface area contributed by atoms with Crippen LogP contribution in [-0.2, 0) is 20.7 Å². The molecule has 0 aliphatic heterocycles. The normalized spacial score (nSPS) is 13.8. The summed E-state index contributed by atoms with van der Waals surface area (Å²) in [5.74, 6) is 0.362. The van der Waals surface area contributed by atoms with E-state index in [0.717, 1.165) is 36.9 Å². The van der Waals surface area contributed by atoms with Crippen molar-refractivity contribution in [2.24, 2.45) is 5.92 Å². The minimum atomic E-state index is -0.711. The van der Waals surface area contributed by atoms with Gasteiger partial charge in [0.05, 0.1) is 13.7 Å². The molecule has 1 fully saturated rings. The number of anilines is 2. The zero-order valence-corrected chi connectivity index (χ0v) is 25.7. The van der Waals surface area contributed by atoms with Gasteiger partial charge in [-0.25, -0.2) is 4.79 Å². The van der Waals surface area contributed by atoms with Gasteiger partial charge in [0.25, 0.3) is 0 Å². The van der Waals surface area contributed by atoms with E-state index in [1.54, 1.807) is 30.3 Å². The summed E-state index contributed by atoms with van der Waals surface area (Å²) in [6.45, 7) is 0.807. The molecule has 1 N–H and O–H groups in total. The van der Waals surface area contributed by atoms with Crippen molar-refractivity contribution in [3.05, 3.63) is 126 Å². The van der Waals surface area contributed by atoms with E-state index in [4.69, 9.17) is 9.47 Å². The second kappa shape index (κ2) is 15.7. The second-order valence-electron chi connectivity index (χ2n) is 11.3. The third-order valence-electron chi connectivity index (χ3n) is 8.26. The van der Waals surface area contributed by atoms with Crippen LogP contribution < -0.4 is 15.0 Å². The summed E-state index contributed by atoms with van der Waals surface area (Å²) >= 11 is 0. The number of carbonyl (C=O) groups is 3. The smallest absolute Gasteiger partial charge is 0.328 e. The van der Waals surface area contributed by atoms with Crippen LogP contribution in [0.2, 0.25) is 0 Å². The van der Waals surface area contributed by atoms with Crippen LogP contribution in [-0.4, -0.2) is 44.0 Å². The molecule has 7 heteroatoms. The topological polar surface area (TPSA) is 84.9 Å². The quantitative estimate of drug-likeness (QED) is 0.129. The van der Waals surface area contributed by atoms with E-state index in [0.29, 0.717) is 42.1 Å². The highest BCUT2D eigenvalue weighted by molar-refractivity contribution is 6.12. The predicted molar refractivity (Wildman–Crippen MR) is 177 cm³/mol. The zero-order valence-electron chi connectivity index (χ0n) is 25.7. The predicted octanol–water partition coefficient (Wildman–Crippen LogP) is 7.11. The molecule has 0 unspecified atom stereocenters.